The molecule has 48 valence electrons. The van der Waals surface area contributed by atoms with Gasteiger partial charge in [-0.3, -0.25) is 0 Å². The summed E-state index contributed by atoms with van der Waals surface area (Å²) in [5.74, 6) is 0. The summed E-state index contributed by atoms with van der Waals surface area (Å²) in [6.07, 6.45) is 4.33. The molecule has 1 aliphatic carbocycles. The highest BCUT2D eigenvalue weighted by Crippen LogP contribution is 2.27. The van der Waals surface area contributed by atoms with Gasteiger partial charge in [0.15, 0.2) is 0 Å². The van der Waals surface area contributed by atoms with Crippen molar-refractivity contribution in [3.8, 4) is 0 Å². The first kappa shape index (κ1) is 6.34. The summed E-state index contributed by atoms with van der Waals surface area (Å²) in [5, 5.41) is 0. The van der Waals surface area contributed by atoms with Gasteiger partial charge in [-0.25, -0.2) is 0 Å². The maximum absolute atomic E-state index is 3.88. The van der Waals surface area contributed by atoms with E-state index >= 15 is 0 Å². The van der Waals surface area contributed by atoms with Crippen molar-refractivity contribution < 1.29 is 0 Å². The van der Waals surface area contributed by atoms with Gasteiger partial charge in [0.2, 0.25) is 0 Å². The first-order chi connectivity index (χ1) is 4.24. The van der Waals surface area contributed by atoms with Gasteiger partial charge in [0.25, 0.3) is 0 Å². The molecule has 0 radical (unpaired) electrons. The zero-order valence-corrected chi connectivity index (χ0v) is 5.91. The molecular weight excluding hydrogens is 108 g/mol. The molecule has 0 aromatic heterocycles. The van der Waals surface area contributed by atoms with Gasteiger partial charge in [0, 0.05) is 0 Å². The van der Waals surface area contributed by atoms with E-state index in [9.17, 15) is 0 Å². The van der Waals surface area contributed by atoms with E-state index in [-0.39, 0.29) is 0 Å². The lowest BCUT2D eigenvalue weighted by Crippen LogP contribution is -1.73. The smallest absolute Gasteiger partial charge is 0.00640 e. The molecule has 1 aliphatic rings. The number of hydrogen-bond acceptors (Lipinski definition) is 0. The van der Waals surface area contributed by atoms with Gasteiger partial charge < -0.3 is 0 Å². The van der Waals surface area contributed by atoms with Crippen LogP contribution < -0.4 is 0 Å². The predicted molar refractivity (Wildman–Crippen MR) is 41.3 cm³/mol. The van der Waals surface area contributed by atoms with Crippen molar-refractivity contribution in [2.75, 3.05) is 0 Å². The third kappa shape index (κ3) is 1.13. The van der Waals surface area contributed by atoms with Crippen molar-refractivity contribution in [2.24, 2.45) is 0 Å². The van der Waals surface area contributed by atoms with Crippen molar-refractivity contribution in [1.29, 1.82) is 0 Å². The fourth-order valence-corrected chi connectivity index (χ4v) is 1.01. The molecule has 0 atom stereocenters. The molecule has 0 saturated carbocycles. The van der Waals surface area contributed by atoms with Gasteiger partial charge >= 0.3 is 0 Å². The zero-order chi connectivity index (χ0) is 6.85. The highest BCUT2D eigenvalue weighted by molar-refractivity contribution is 5.46. The van der Waals surface area contributed by atoms with Gasteiger partial charge in [-0.2, -0.15) is 0 Å². The molecular formula is C9H12. The molecule has 0 aliphatic heterocycles. The topological polar surface area (TPSA) is 0 Å². The number of hydrogen-bond donors (Lipinski definition) is 0. The van der Waals surface area contributed by atoms with Gasteiger partial charge in [-0.05, 0) is 24.0 Å². The van der Waals surface area contributed by atoms with Gasteiger partial charge in [-0.1, -0.05) is 31.7 Å². The SMILES string of the molecule is C=C1C=C(CC)CC1=C. The van der Waals surface area contributed by atoms with Crippen LogP contribution >= 0.6 is 0 Å². The molecule has 0 amide bonds. The summed E-state index contributed by atoms with van der Waals surface area (Å²) in [7, 11) is 0. The van der Waals surface area contributed by atoms with Crippen LogP contribution in [0.2, 0.25) is 0 Å². The molecule has 0 fully saturated rings. The van der Waals surface area contributed by atoms with Crippen molar-refractivity contribution in [3.63, 3.8) is 0 Å². The van der Waals surface area contributed by atoms with E-state index in [0.717, 1.165) is 18.4 Å². The predicted octanol–water partition coefficient (Wildman–Crippen LogP) is 2.84. The second kappa shape index (κ2) is 2.22. The maximum Gasteiger partial charge on any atom is -0.00640 e. The summed E-state index contributed by atoms with van der Waals surface area (Å²) in [6, 6.07) is 0. The van der Waals surface area contributed by atoms with Crippen LogP contribution in [0.15, 0.2) is 36.0 Å². The van der Waals surface area contributed by atoms with E-state index in [1.165, 1.54) is 11.1 Å². The van der Waals surface area contributed by atoms with Crippen molar-refractivity contribution in [2.45, 2.75) is 19.8 Å². The van der Waals surface area contributed by atoms with Crippen LogP contribution in [0.5, 0.6) is 0 Å². The molecule has 1 rings (SSSR count). The Morgan fingerprint density at radius 1 is 1.56 bits per heavy atom. The second-order valence-electron chi connectivity index (χ2n) is 2.46. The monoisotopic (exact) mass is 120 g/mol. The molecule has 0 N–H and O–H groups in total. The van der Waals surface area contributed by atoms with Crippen LogP contribution in [0.4, 0.5) is 0 Å². The fraction of sp³-hybridized carbons (Fsp3) is 0.333. The maximum atomic E-state index is 3.88. The Morgan fingerprint density at radius 3 is 2.44 bits per heavy atom. The standard InChI is InChI=1S/C9H12/c1-4-9-5-7(2)8(3)6-9/h5H,2-4,6H2,1H3. The van der Waals surface area contributed by atoms with Crippen LogP contribution in [0.25, 0.3) is 0 Å². The summed E-state index contributed by atoms with van der Waals surface area (Å²) in [6.45, 7) is 9.90. The lowest BCUT2D eigenvalue weighted by Gasteiger charge is -1.92. The highest BCUT2D eigenvalue weighted by atomic mass is 14.1. The van der Waals surface area contributed by atoms with Gasteiger partial charge in [0.1, 0.15) is 0 Å². The van der Waals surface area contributed by atoms with E-state index in [2.05, 4.69) is 26.2 Å². The molecule has 0 heterocycles. The van der Waals surface area contributed by atoms with E-state index in [4.69, 9.17) is 0 Å². The molecule has 0 bridgehead atoms. The lowest BCUT2D eigenvalue weighted by molar-refractivity contribution is 1.04. The Labute approximate surface area is 56.6 Å². The Hall–Kier alpha value is -0.780. The Kier molecular flexibility index (Phi) is 1.56. The van der Waals surface area contributed by atoms with Gasteiger partial charge in [0.05, 0.1) is 0 Å². The van der Waals surface area contributed by atoms with E-state index in [1.54, 1.807) is 0 Å². The molecule has 0 heteroatoms. The average molecular weight is 120 g/mol. The van der Waals surface area contributed by atoms with Crippen LogP contribution in [0.1, 0.15) is 19.8 Å². The summed E-state index contributed by atoms with van der Waals surface area (Å²) in [5.41, 5.74) is 3.77. The quantitative estimate of drug-likeness (QED) is 0.499. The minimum atomic E-state index is 1.05. The first-order valence-corrected chi connectivity index (χ1v) is 3.30. The number of rotatable bonds is 1. The summed E-state index contributed by atoms with van der Waals surface area (Å²) >= 11 is 0. The van der Waals surface area contributed by atoms with E-state index in [1.807, 2.05) is 0 Å². The molecule has 0 nitrogen and oxygen atoms in total. The highest BCUT2D eigenvalue weighted by Gasteiger charge is 2.08. The minimum Gasteiger partial charge on any atom is -0.0949 e. The minimum absolute atomic E-state index is 1.05. The first-order valence-electron chi connectivity index (χ1n) is 3.30. The zero-order valence-electron chi connectivity index (χ0n) is 5.91. The van der Waals surface area contributed by atoms with E-state index < -0.39 is 0 Å². The Bertz CT molecular complexity index is 182. The molecule has 0 aromatic rings. The van der Waals surface area contributed by atoms with Crippen LogP contribution in [0, 0.1) is 0 Å². The van der Waals surface area contributed by atoms with Crippen molar-refractivity contribution in [1.82, 2.24) is 0 Å². The molecule has 0 aromatic carbocycles. The Morgan fingerprint density at radius 2 is 2.22 bits per heavy atom. The van der Waals surface area contributed by atoms with Crippen LogP contribution in [-0.2, 0) is 0 Å². The summed E-state index contributed by atoms with van der Waals surface area (Å²) in [4.78, 5) is 0. The molecule has 0 saturated heterocycles. The average Bonchev–Trinajstić information content (AvgIpc) is 2.13. The molecule has 0 spiro atoms. The number of allylic oxidation sites excluding steroid dienone is 4. The molecule has 0 unspecified atom stereocenters. The van der Waals surface area contributed by atoms with Crippen LogP contribution in [-0.4, -0.2) is 0 Å². The summed E-state index contributed by atoms with van der Waals surface area (Å²) < 4.78 is 0. The van der Waals surface area contributed by atoms with E-state index in [0.29, 0.717) is 0 Å². The second-order valence-corrected chi connectivity index (χ2v) is 2.46. The Balaban J connectivity index is 2.74. The van der Waals surface area contributed by atoms with Crippen molar-refractivity contribution >= 4 is 0 Å². The van der Waals surface area contributed by atoms with Gasteiger partial charge in [-0.15, -0.1) is 0 Å². The largest absolute Gasteiger partial charge is 0.0949 e. The fourth-order valence-electron chi connectivity index (χ4n) is 1.01. The van der Waals surface area contributed by atoms with Crippen LogP contribution in [0.3, 0.4) is 0 Å². The van der Waals surface area contributed by atoms with Crippen molar-refractivity contribution in [3.05, 3.63) is 36.0 Å². The third-order valence-corrected chi connectivity index (χ3v) is 1.73. The molecule has 9 heavy (non-hydrogen) atoms. The normalized spacial score (nSPS) is 18.6. The lowest BCUT2D eigenvalue weighted by atomic mass is 10.1. The third-order valence-electron chi connectivity index (χ3n) is 1.73.